The standard InChI is InChI=1S/C16H16N4OS/c1-20-11-17-9-13(20)7-8-14(21)19-15-10-18-16(22-15)12-5-3-2-4-6-12/h2-6,9-11H,7-8H2,1H3,(H,19,21). The van der Waals surface area contributed by atoms with Gasteiger partial charge in [-0.2, -0.15) is 0 Å². The molecule has 0 unspecified atom stereocenters. The lowest BCUT2D eigenvalue weighted by molar-refractivity contribution is -0.116. The first-order chi connectivity index (χ1) is 10.7. The lowest BCUT2D eigenvalue weighted by Gasteiger charge is -2.03. The summed E-state index contributed by atoms with van der Waals surface area (Å²) < 4.78 is 1.92. The van der Waals surface area contributed by atoms with Crippen molar-refractivity contribution in [1.29, 1.82) is 0 Å². The van der Waals surface area contributed by atoms with Crippen molar-refractivity contribution >= 4 is 22.2 Å². The minimum atomic E-state index is -0.00976. The third kappa shape index (κ3) is 3.40. The zero-order valence-electron chi connectivity index (χ0n) is 12.2. The summed E-state index contributed by atoms with van der Waals surface area (Å²) in [6.45, 7) is 0. The highest BCUT2D eigenvalue weighted by Crippen LogP contribution is 2.28. The first-order valence-corrected chi connectivity index (χ1v) is 7.80. The summed E-state index contributed by atoms with van der Waals surface area (Å²) in [5.41, 5.74) is 2.10. The van der Waals surface area contributed by atoms with Gasteiger partial charge in [0.15, 0.2) is 0 Å². The van der Waals surface area contributed by atoms with Gasteiger partial charge in [-0.15, -0.1) is 0 Å². The molecule has 1 aromatic carbocycles. The van der Waals surface area contributed by atoms with Crippen LogP contribution in [0.25, 0.3) is 10.6 Å². The van der Waals surface area contributed by atoms with Gasteiger partial charge in [0.05, 0.1) is 12.5 Å². The average Bonchev–Trinajstić information content (AvgIpc) is 3.15. The van der Waals surface area contributed by atoms with Crippen molar-refractivity contribution in [3.05, 3.63) is 54.7 Å². The third-order valence-electron chi connectivity index (χ3n) is 3.31. The maximum atomic E-state index is 12.0. The number of nitrogens with zero attached hydrogens (tertiary/aromatic N) is 3. The Morgan fingerprint density at radius 3 is 2.82 bits per heavy atom. The Morgan fingerprint density at radius 1 is 1.27 bits per heavy atom. The number of hydrogen-bond donors (Lipinski definition) is 1. The largest absolute Gasteiger partial charge is 0.338 e. The fraction of sp³-hybridized carbons (Fsp3) is 0.188. The van der Waals surface area contributed by atoms with Crippen molar-refractivity contribution in [2.24, 2.45) is 7.05 Å². The van der Waals surface area contributed by atoms with E-state index >= 15 is 0 Å². The van der Waals surface area contributed by atoms with E-state index in [1.165, 1.54) is 11.3 Å². The molecule has 2 heterocycles. The molecule has 5 nitrogen and oxygen atoms in total. The predicted octanol–water partition coefficient (Wildman–Crippen LogP) is 3.11. The minimum absolute atomic E-state index is 0.00976. The average molecular weight is 312 g/mol. The van der Waals surface area contributed by atoms with Crippen LogP contribution >= 0.6 is 11.3 Å². The Labute approximate surface area is 132 Å². The Hall–Kier alpha value is -2.47. The first kappa shape index (κ1) is 14.5. The molecular weight excluding hydrogens is 296 g/mol. The predicted molar refractivity (Wildman–Crippen MR) is 87.7 cm³/mol. The van der Waals surface area contributed by atoms with Crippen LogP contribution < -0.4 is 5.32 Å². The van der Waals surface area contributed by atoms with Gasteiger partial charge in [0.2, 0.25) is 5.91 Å². The number of aryl methyl sites for hydroxylation is 2. The SMILES string of the molecule is Cn1cncc1CCC(=O)Nc1cnc(-c2ccccc2)s1. The second-order valence-electron chi connectivity index (χ2n) is 4.94. The van der Waals surface area contributed by atoms with Gasteiger partial charge < -0.3 is 9.88 Å². The highest BCUT2D eigenvalue weighted by Gasteiger charge is 2.09. The quantitative estimate of drug-likeness (QED) is 0.787. The van der Waals surface area contributed by atoms with Crippen molar-refractivity contribution in [2.45, 2.75) is 12.8 Å². The third-order valence-corrected chi connectivity index (χ3v) is 4.28. The monoisotopic (exact) mass is 312 g/mol. The molecule has 1 N–H and O–H groups in total. The van der Waals surface area contributed by atoms with E-state index in [1.807, 2.05) is 41.9 Å². The normalized spacial score (nSPS) is 10.6. The molecule has 0 radical (unpaired) electrons. The van der Waals surface area contributed by atoms with Crippen molar-refractivity contribution in [3.63, 3.8) is 0 Å². The molecule has 0 aliphatic rings. The van der Waals surface area contributed by atoms with E-state index in [0.29, 0.717) is 12.8 Å². The van der Waals surface area contributed by atoms with Crippen LogP contribution in [-0.4, -0.2) is 20.4 Å². The molecule has 0 atom stereocenters. The Balaban J connectivity index is 1.58. The Bertz CT molecular complexity index is 763. The number of nitrogens with one attached hydrogen (secondary N) is 1. The van der Waals surface area contributed by atoms with E-state index in [-0.39, 0.29) is 5.91 Å². The summed E-state index contributed by atoms with van der Waals surface area (Å²) in [7, 11) is 1.93. The van der Waals surface area contributed by atoms with E-state index < -0.39 is 0 Å². The topological polar surface area (TPSA) is 59.8 Å². The van der Waals surface area contributed by atoms with Crippen LogP contribution in [0.5, 0.6) is 0 Å². The number of anilines is 1. The van der Waals surface area contributed by atoms with Gasteiger partial charge in [-0.05, 0) is 6.42 Å². The lowest BCUT2D eigenvalue weighted by atomic mass is 10.2. The fourth-order valence-electron chi connectivity index (χ4n) is 2.11. The number of carbonyl (C=O) groups is 1. The van der Waals surface area contributed by atoms with E-state index in [2.05, 4.69) is 15.3 Å². The molecule has 0 aliphatic heterocycles. The zero-order valence-corrected chi connectivity index (χ0v) is 13.0. The fourth-order valence-corrected chi connectivity index (χ4v) is 2.95. The maximum Gasteiger partial charge on any atom is 0.225 e. The molecule has 0 aliphatic carbocycles. The molecule has 1 amide bonds. The molecule has 112 valence electrons. The molecule has 0 spiro atoms. The van der Waals surface area contributed by atoms with E-state index in [4.69, 9.17) is 0 Å². The van der Waals surface area contributed by atoms with E-state index in [0.717, 1.165) is 21.3 Å². The molecule has 0 bridgehead atoms. The summed E-state index contributed by atoms with van der Waals surface area (Å²) in [5.74, 6) is -0.00976. The number of thiazole rings is 1. The molecule has 22 heavy (non-hydrogen) atoms. The number of amides is 1. The molecule has 6 heteroatoms. The Morgan fingerprint density at radius 2 is 2.09 bits per heavy atom. The van der Waals surface area contributed by atoms with Gasteiger partial charge in [0, 0.05) is 30.9 Å². The van der Waals surface area contributed by atoms with Crippen LogP contribution in [-0.2, 0) is 18.3 Å². The van der Waals surface area contributed by atoms with Crippen LogP contribution in [0.15, 0.2) is 49.1 Å². The molecule has 2 aromatic heterocycles. The molecular formula is C16H16N4OS. The van der Waals surface area contributed by atoms with E-state index in [1.54, 1.807) is 18.7 Å². The van der Waals surface area contributed by atoms with Gasteiger partial charge in [0.1, 0.15) is 10.0 Å². The molecule has 3 rings (SSSR count). The summed E-state index contributed by atoms with van der Waals surface area (Å²) in [5, 5.41) is 4.58. The number of benzene rings is 1. The summed E-state index contributed by atoms with van der Waals surface area (Å²) >= 11 is 1.48. The van der Waals surface area contributed by atoms with E-state index in [9.17, 15) is 4.79 Å². The molecule has 3 aromatic rings. The molecule has 0 saturated carbocycles. The Kier molecular flexibility index (Phi) is 4.29. The number of rotatable bonds is 5. The number of imidazole rings is 1. The highest BCUT2D eigenvalue weighted by molar-refractivity contribution is 7.19. The minimum Gasteiger partial charge on any atom is -0.338 e. The van der Waals surface area contributed by atoms with Gasteiger partial charge in [0.25, 0.3) is 0 Å². The van der Waals surface area contributed by atoms with Crippen molar-refractivity contribution in [1.82, 2.24) is 14.5 Å². The van der Waals surface area contributed by atoms with Crippen LogP contribution in [0.4, 0.5) is 5.00 Å². The molecule has 0 fully saturated rings. The number of hydrogen-bond acceptors (Lipinski definition) is 4. The number of carbonyl (C=O) groups excluding carboxylic acids is 1. The molecule has 0 saturated heterocycles. The maximum absolute atomic E-state index is 12.0. The van der Waals surface area contributed by atoms with Crippen molar-refractivity contribution in [2.75, 3.05) is 5.32 Å². The second-order valence-corrected chi connectivity index (χ2v) is 5.97. The smallest absolute Gasteiger partial charge is 0.225 e. The first-order valence-electron chi connectivity index (χ1n) is 6.98. The summed E-state index contributed by atoms with van der Waals surface area (Å²) in [4.78, 5) is 20.4. The summed E-state index contributed by atoms with van der Waals surface area (Å²) in [6, 6.07) is 9.93. The summed E-state index contributed by atoms with van der Waals surface area (Å²) in [6.07, 6.45) is 6.33. The van der Waals surface area contributed by atoms with Gasteiger partial charge in [-0.1, -0.05) is 41.7 Å². The lowest BCUT2D eigenvalue weighted by Crippen LogP contribution is -2.12. The zero-order chi connectivity index (χ0) is 15.4. The van der Waals surface area contributed by atoms with Crippen LogP contribution in [0.1, 0.15) is 12.1 Å². The van der Waals surface area contributed by atoms with Gasteiger partial charge in [-0.3, -0.25) is 4.79 Å². The van der Waals surface area contributed by atoms with Gasteiger partial charge >= 0.3 is 0 Å². The van der Waals surface area contributed by atoms with Crippen LogP contribution in [0.3, 0.4) is 0 Å². The van der Waals surface area contributed by atoms with Crippen molar-refractivity contribution in [3.8, 4) is 10.6 Å². The second kappa shape index (κ2) is 6.53. The van der Waals surface area contributed by atoms with Gasteiger partial charge in [-0.25, -0.2) is 9.97 Å². The van der Waals surface area contributed by atoms with Crippen LogP contribution in [0, 0.1) is 0 Å². The van der Waals surface area contributed by atoms with Crippen LogP contribution in [0.2, 0.25) is 0 Å². The van der Waals surface area contributed by atoms with Crippen molar-refractivity contribution < 1.29 is 4.79 Å². The highest BCUT2D eigenvalue weighted by atomic mass is 32.1. The number of aromatic nitrogens is 3.